The molecule has 1 aliphatic carbocycles. The molecule has 2 saturated heterocycles. The van der Waals surface area contributed by atoms with E-state index in [4.69, 9.17) is 0 Å². The first-order valence-corrected chi connectivity index (χ1v) is 10.1. The summed E-state index contributed by atoms with van der Waals surface area (Å²) in [4.78, 5) is 29.3. The van der Waals surface area contributed by atoms with Gasteiger partial charge in [-0.05, 0) is 42.7 Å². The second-order valence-electron chi connectivity index (χ2n) is 7.13. The number of nitrogens with zero attached hydrogens (tertiary/aromatic N) is 2. The summed E-state index contributed by atoms with van der Waals surface area (Å²) in [6.45, 7) is 1.58. The minimum absolute atomic E-state index is 0.167. The Hall–Kier alpha value is -1.49. The van der Waals surface area contributed by atoms with E-state index in [1.54, 1.807) is 11.8 Å². The lowest BCUT2D eigenvalue weighted by atomic mass is 10.0. The minimum Gasteiger partial charge on any atom is -0.331 e. The number of amides is 2. The van der Waals surface area contributed by atoms with Gasteiger partial charge in [0.1, 0.15) is 6.04 Å². The van der Waals surface area contributed by atoms with Crippen LogP contribution in [-0.2, 0) is 22.4 Å². The molecular formula is C19H24N2O2S. The first kappa shape index (κ1) is 16.0. The zero-order chi connectivity index (χ0) is 16.5. The lowest BCUT2D eigenvalue weighted by Gasteiger charge is -2.28. The molecule has 2 heterocycles. The van der Waals surface area contributed by atoms with Gasteiger partial charge >= 0.3 is 0 Å². The van der Waals surface area contributed by atoms with E-state index in [9.17, 15) is 9.59 Å². The molecule has 4 nitrogen and oxygen atoms in total. The number of carbonyl (C=O) groups is 2. The van der Waals surface area contributed by atoms with E-state index in [0.717, 1.165) is 50.4 Å². The predicted octanol–water partition coefficient (Wildman–Crippen LogP) is 2.32. The molecule has 1 unspecified atom stereocenters. The van der Waals surface area contributed by atoms with E-state index in [1.165, 1.54) is 11.1 Å². The maximum Gasteiger partial charge on any atom is 0.246 e. The molecule has 1 aromatic rings. The summed E-state index contributed by atoms with van der Waals surface area (Å²) in [5.74, 6) is 2.55. The summed E-state index contributed by atoms with van der Waals surface area (Å²) in [5.41, 5.74) is 2.77. The Balaban J connectivity index is 1.38. The number of carbonyl (C=O) groups excluding carboxylic acids is 2. The van der Waals surface area contributed by atoms with Crippen molar-refractivity contribution in [1.29, 1.82) is 0 Å². The van der Waals surface area contributed by atoms with Gasteiger partial charge in [-0.15, -0.1) is 11.8 Å². The van der Waals surface area contributed by atoms with Gasteiger partial charge in [0.05, 0.1) is 5.88 Å². The molecule has 0 saturated carbocycles. The van der Waals surface area contributed by atoms with Crippen LogP contribution in [0.5, 0.6) is 0 Å². The molecule has 2 fully saturated rings. The molecule has 24 heavy (non-hydrogen) atoms. The van der Waals surface area contributed by atoms with Gasteiger partial charge in [-0.1, -0.05) is 24.3 Å². The number of likely N-dealkylation sites (tertiary alicyclic amines) is 1. The van der Waals surface area contributed by atoms with E-state index in [0.29, 0.717) is 12.3 Å². The fourth-order valence-electron chi connectivity index (χ4n) is 4.28. The summed E-state index contributed by atoms with van der Waals surface area (Å²) < 4.78 is 0. The molecule has 0 bridgehead atoms. The number of hydrogen-bond acceptors (Lipinski definition) is 3. The summed E-state index contributed by atoms with van der Waals surface area (Å²) in [7, 11) is 0. The molecule has 0 spiro atoms. The Morgan fingerprint density at radius 2 is 1.88 bits per heavy atom. The standard InChI is InChI=1S/C19H24N2O2S/c22-18(12-14-10-15-4-1-2-5-16(15)11-14)21-7-3-6-17(21)19(23)20-8-9-24-13-20/h1-2,4-5,14,17H,3,6-13H2. The molecule has 2 aliphatic heterocycles. The van der Waals surface area contributed by atoms with Crippen LogP contribution in [0, 0.1) is 5.92 Å². The van der Waals surface area contributed by atoms with E-state index in [1.807, 2.05) is 9.80 Å². The Labute approximate surface area is 147 Å². The van der Waals surface area contributed by atoms with Crippen molar-refractivity contribution in [3.63, 3.8) is 0 Å². The van der Waals surface area contributed by atoms with Crippen LogP contribution in [0.25, 0.3) is 0 Å². The molecular weight excluding hydrogens is 320 g/mol. The van der Waals surface area contributed by atoms with Crippen LogP contribution in [0.15, 0.2) is 24.3 Å². The van der Waals surface area contributed by atoms with Crippen LogP contribution in [-0.4, -0.2) is 52.4 Å². The number of fused-ring (bicyclic) bond motifs is 1. The van der Waals surface area contributed by atoms with Crippen molar-refractivity contribution in [2.45, 2.75) is 38.1 Å². The summed E-state index contributed by atoms with van der Waals surface area (Å²) in [6.07, 6.45) is 4.35. The van der Waals surface area contributed by atoms with Crippen molar-refractivity contribution in [1.82, 2.24) is 9.80 Å². The first-order valence-electron chi connectivity index (χ1n) is 8.95. The van der Waals surface area contributed by atoms with Gasteiger partial charge in [0.25, 0.3) is 0 Å². The van der Waals surface area contributed by atoms with Crippen molar-refractivity contribution in [3.8, 4) is 0 Å². The number of benzene rings is 1. The largest absolute Gasteiger partial charge is 0.331 e. The van der Waals surface area contributed by atoms with Crippen LogP contribution >= 0.6 is 11.8 Å². The maximum atomic E-state index is 12.8. The van der Waals surface area contributed by atoms with Gasteiger partial charge in [0.2, 0.25) is 11.8 Å². The second-order valence-corrected chi connectivity index (χ2v) is 8.21. The quantitative estimate of drug-likeness (QED) is 0.845. The lowest BCUT2D eigenvalue weighted by molar-refractivity contribution is -0.143. The molecule has 128 valence electrons. The molecule has 4 rings (SSSR count). The monoisotopic (exact) mass is 344 g/mol. The van der Waals surface area contributed by atoms with Gasteiger partial charge in [-0.25, -0.2) is 0 Å². The topological polar surface area (TPSA) is 40.6 Å². The van der Waals surface area contributed by atoms with E-state index in [2.05, 4.69) is 24.3 Å². The van der Waals surface area contributed by atoms with Crippen molar-refractivity contribution < 1.29 is 9.59 Å². The zero-order valence-corrected chi connectivity index (χ0v) is 14.8. The van der Waals surface area contributed by atoms with Crippen molar-refractivity contribution in [2.24, 2.45) is 5.92 Å². The normalized spacial score (nSPS) is 23.8. The van der Waals surface area contributed by atoms with Gasteiger partial charge in [-0.2, -0.15) is 0 Å². The Morgan fingerprint density at radius 3 is 2.54 bits per heavy atom. The van der Waals surface area contributed by atoms with Crippen molar-refractivity contribution >= 4 is 23.6 Å². The van der Waals surface area contributed by atoms with Gasteiger partial charge in [0, 0.05) is 25.3 Å². The molecule has 0 aromatic heterocycles. The van der Waals surface area contributed by atoms with E-state index < -0.39 is 0 Å². The lowest BCUT2D eigenvalue weighted by Crippen LogP contribution is -2.47. The highest BCUT2D eigenvalue weighted by Gasteiger charge is 2.38. The summed E-state index contributed by atoms with van der Waals surface area (Å²) in [6, 6.07) is 8.29. The molecule has 0 radical (unpaired) electrons. The third kappa shape index (κ3) is 3.06. The maximum absolute atomic E-state index is 12.8. The Kier molecular flexibility index (Phi) is 4.53. The highest BCUT2D eigenvalue weighted by Crippen LogP contribution is 2.30. The minimum atomic E-state index is -0.208. The molecule has 0 N–H and O–H groups in total. The van der Waals surface area contributed by atoms with E-state index >= 15 is 0 Å². The molecule has 2 amide bonds. The van der Waals surface area contributed by atoms with Gasteiger partial charge in [0.15, 0.2) is 0 Å². The van der Waals surface area contributed by atoms with Crippen molar-refractivity contribution in [2.75, 3.05) is 24.7 Å². The molecule has 3 aliphatic rings. The number of thioether (sulfide) groups is 1. The van der Waals surface area contributed by atoms with E-state index in [-0.39, 0.29) is 17.9 Å². The average Bonchev–Trinajstić information content (AvgIpc) is 3.32. The number of rotatable bonds is 3. The van der Waals surface area contributed by atoms with Crippen LogP contribution in [0.3, 0.4) is 0 Å². The van der Waals surface area contributed by atoms with Crippen LogP contribution in [0.4, 0.5) is 0 Å². The third-order valence-electron chi connectivity index (χ3n) is 5.52. The predicted molar refractivity (Wildman–Crippen MR) is 95.7 cm³/mol. The average molecular weight is 344 g/mol. The highest BCUT2D eigenvalue weighted by atomic mass is 32.2. The van der Waals surface area contributed by atoms with Crippen LogP contribution in [0.1, 0.15) is 30.4 Å². The highest BCUT2D eigenvalue weighted by molar-refractivity contribution is 7.99. The fraction of sp³-hybridized carbons (Fsp3) is 0.579. The molecule has 1 aromatic carbocycles. The Bertz CT molecular complexity index is 617. The van der Waals surface area contributed by atoms with Gasteiger partial charge < -0.3 is 9.80 Å². The first-order chi connectivity index (χ1) is 11.7. The van der Waals surface area contributed by atoms with Crippen LogP contribution in [0.2, 0.25) is 0 Å². The second kappa shape index (κ2) is 6.79. The zero-order valence-electron chi connectivity index (χ0n) is 13.9. The molecule has 5 heteroatoms. The Morgan fingerprint density at radius 1 is 1.12 bits per heavy atom. The smallest absolute Gasteiger partial charge is 0.246 e. The third-order valence-corrected chi connectivity index (χ3v) is 6.49. The summed E-state index contributed by atoms with van der Waals surface area (Å²) in [5, 5.41) is 0. The van der Waals surface area contributed by atoms with Crippen LogP contribution < -0.4 is 0 Å². The molecule has 1 atom stereocenters. The van der Waals surface area contributed by atoms with Crippen molar-refractivity contribution in [3.05, 3.63) is 35.4 Å². The number of hydrogen-bond donors (Lipinski definition) is 0. The summed E-state index contributed by atoms with van der Waals surface area (Å²) >= 11 is 1.80. The SMILES string of the molecule is O=C(C1CCCN1C(=O)CC1Cc2ccccc2C1)N1CCSC1. The van der Waals surface area contributed by atoms with Gasteiger partial charge in [-0.3, -0.25) is 9.59 Å². The fourth-order valence-corrected chi connectivity index (χ4v) is 5.23.